The maximum absolute atomic E-state index is 11.5. The molecule has 0 bridgehead atoms. The number of aromatic nitrogens is 1. The average Bonchev–Trinajstić information content (AvgIpc) is 2.33. The molecule has 1 aromatic heterocycles. The Hall–Kier alpha value is -1.65. The summed E-state index contributed by atoms with van der Waals surface area (Å²) in [7, 11) is -3.13. The molecule has 18 heavy (non-hydrogen) atoms. The molecule has 0 spiro atoms. The van der Waals surface area contributed by atoms with Crippen molar-refractivity contribution in [1.82, 2.24) is 9.29 Å². The van der Waals surface area contributed by atoms with Gasteiger partial charge >= 0.3 is 0 Å². The third-order valence-corrected chi connectivity index (χ3v) is 4.56. The molecule has 0 saturated carbocycles. The molecule has 0 unspecified atom stereocenters. The molecule has 0 radical (unpaired) electrons. The molecule has 0 aromatic carbocycles. The zero-order valence-electron chi connectivity index (χ0n) is 9.91. The second-order valence-electron chi connectivity index (χ2n) is 3.93. The number of hydrogen-bond donors (Lipinski definition) is 0. The number of ether oxygens (including phenoxy) is 1. The van der Waals surface area contributed by atoms with Gasteiger partial charge in [0.25, 0.3) is 0 Å². The average molecular weight is 267 g/mol. The first kappa shape index (κ1) is 12.8. The van der Waals surface area contributed by atoms with Crippen LogP contribution in [0.5, 0.6) is 5.88 Å². The Labute approximate surface area is 106 Å². The van der Waals surface area contributed by atoms with Crippen LogP contribution in [0.1, 0.15) is 12.5 Å². The van der Waals surface area contributed by atoms with Crippen LogP contribution in [0.4, 0.5) is 0 Å². The van der Waals surface area contributed by atoms with Crippen molar-refractivity contribution in [3.8, 4) is 11.9 Å². The van der Waals surface area contributed by atoms with Crippen molar-refractivity contribution in [2.75, 3.05) is 18.8 Å². The Morgan fingerprint density at radius 1 is 1.61 bits per heavy atom. The maximum atomic E-state index is 11.5. The molecule has 0 atom stereocenters. The molecule has 96 valence electrons. The van der Waals surface area contributed by atoms with Crippen molar-refractivity contribution >= 4 is 10.0 Å². The Balaban J connectivity index is 1.97. The summed E-state index contributed by atoms with van der Waals surface area (Å²) in [4.78, 5) is 3.97. The number of pyridine rings is 1. The van der Waals surface area contributed by atoms with Gasteiger partial charge in [0.1, 0.15) is 17.7 Å². The normalized spacial score (nSPS) is 16.9. The van der Waals surface area contributed by atoms with Gasteiger partial charge in [0.2, 0.25) is 15.9 Å². The van der Waals surface area contributed by atoms with Gasteiger partial charge in [0.15, 0.2) is 0 Å². The van der Waals surface area contributed by atoms with E-state index in [2.05, 4.69) is 4.98 Å². The molecule has 0 N–H and O–H groups in total. The lowest BCUT2D eigenvalue weighted by atomic mass is 10.2. The Morgan fingerprint density at radius 2 is 2.33 bits per heavy atom. The van der Waals surface area contributed by atoms with E-state index in [1.54, 1.807) is 19.1 Å². The van der Waals surface area contributed by atoms with Gasteiger partial charge in [-0.2, -0.15) is 9.57 Å². The zero-order valence-corrected chi connectivity index (χ0v) is 10.7. The molecule has 2 heterocycles. The Bertz CT molecular complexity index is 573. The van der Waals surface area contributed by atoms with Crippen LogP contribution in [0.25, 0.3) is 0 Å². The molecule has 2 rings (SSSR count). The van der Waals surface area contributed by atoms with E-state index in [1.807, 2.05) is 6.07 Å². The summed E-state index contributed by atoms with van der Waals surface area (Å²) in [6.45, 7) is 2.24. The van der Waals surface area contributed by atoms with Crippen LogP contribution in [0.2, 0.25) is 0 Å². The van der Waals surface area contributed by atoms with Crippen molar-refractivity contribution in [3.63, 3.8) is 0 Å². The van der Waals surface area contributed by atoms with Crippen LogP contribution < -0.4 is 4.74 Å². The lowest BCUT2D eigenvalue weighted by Crippen LogP contribution is -2.56. The first-order valence-electron chi connectivity index (χ1n) is 5.56. The van der Waals surface area contributed by atoms with Gasteiger partial charge < -0.3 is 4.74 Å². The predicted octanol–water partition coefficient (Wildman–Crippen LogP) is 0.366. The minimum absolute atomic E-state index is 0.0900. The lowest BCUT2D eigenvalue weighted by Gasteiger charge is -2.37. The van der Waals surface area contributed by atoms with E-state index in [-0.39, 0.29) is 17.7 Å². The molecule has 1 aromatic rings. The number of nitriles is 1. The van der Waals surface area contributed by atoms with Crippen LogP contribution in [-0.2, 0) is 10.0 Å². The monoisotopic (exact) mass is 267 g/mol. The SMILES string of the molecule is CCS(=O)(=O)N1CC(Oc2ncccc2C#N)C1. The second-order valence-corrected chi connectivity index (χ2v) is 6.18. The van der Waals surface area contributed by atoms with Gasteiger partial charge in [0.05, 0.1) is 18.8 Å². The molecule has 1 aliphatic heterocycles. The molecule has 1 aliphatic rings. The highest BCUT2D eigenvalue weighted by Gasteiger charge is 2.36. The van der Waals surface area contributed by atoms with Gasteiger partial charge in [-0.05, 0) is 19.1 Å². The fourth-order valence-corrected chi connectivity index (χ4v) is 2.76. The molecule has 1 saturated heterocycles. The highest BCUT2D eigenvalue weighted by Crippen LogP contribution is 2.21. The van der Waals surface area contributed by atoms with E-state index in [0.717, 1.165) is 0 Å². The fraction of sp³-hybridized carbons (Fsp3) is 0.455. The Morgan fingerprint density at radius 3 is 2.94 bits per heavy atom. The molecule has 6 nitrogen and oxygen atoms in total. The molecular formula is C11H13N3O3S. The lowest BCUT2D eigenvalue weighted by molar-refractivity contribution is 0.0719. The van der Waals surface area contributed by atoms with Crippen LogP contribution in [0, 0.1) is 11.3 Å². The second kappa shape index (κ2) is 4.92. The van der Waals surface area contributed by atoms with Crippen molar-refractivity contribution in [2.24, 2.45) is 0 Å². The van der Waals surface area contributed by atoms with Gasteiger partial charge in [-0.1, -0.05) is 0 Å². The summed E-state index contributed by atoms with van der Waals surface area (Å²) in [6, 6.07) is 5.25. The summed E-state index contributed by atoms with van der Waals surface area (Å²) in [5.41, 5.74) is 0.356. The van der Waals surface area contributed by atoms with Gasteiger partial charge in [-0.15, -0.1) is 0 Å². The first-order chi connectivity index (χ1) is 8.56. The summed E-state index contributed by atoms with van der Waals surface area (Å²) in [6.07, 6.45) is 1.31. The molecule has 7 heteroatoms. The van der Waals surface area contributed by atoms with Gasteiger partial charge in [-0.3, -0.25) is 0 Å². The van der Waals surface area contributed by atoms with E-state index in [4.69, 9.17) is 10.00 Å². The predicted molar refractivity (Wildman–Crippen MR) is 64.4 cm³/mol. The van der Waals surface area contributed by atoms with Crippen molar-refractivity contribution in [3.05, 3.63) is 23.9 Å². The topological polar surface area (TPSA) is 83.3 Å². The van der Waals surface area contributed by atoms with Crippen LogP contribution in [0.15, 0.2) is 18.3 Å². The number of hydrogen-bond acceptors (Lipinski definition) is 5. The highest BCUT2D eigenvalue weighted by molar-refractivity contribution is 7.89. The summed E-state index contributed by atoms with van der Waals surface area (Å²) >= 11 is 0. The standard InChI is InChI=1S/C11H13N3O3S/c1-2-18(15,16)14-7-10(8-14)17-11-9(6-12)4-3-5-13-11/h3-5,10H,2,7-8H2,1H3. The van der Waals surface area contributed by atoms with Crippen molar-refractivity contribution < 1.29 is 13.2 Å². The molecule has 1 fully saturated rings. The van der Waals surface area contributed by atoms with E-state index in [0.29, 0.717) is 18.7 Å². The molecule has 0 aliphatic carbocycles. The number of nitrogens with zero attached hydrogens (tertiary/aromatic N) is 3. The quantitative estimate of drug-likeness (QED) is 0.786. The number of sulfonamides is 1. The minimum Gasteiger partial charge on any atom is -0.471 e. The summed E-state index contributed by atoms with van der Waals surface area (Å²) < 4.78 is 29.9. The first-order valence-corrected chi connectivity index (χ1v) is 7.17. The highest BCUT2D eigenvalue weighted by atomic mass is 32.2. The van der Waals surface area contributed by atoms with Crippen LogP contribution in [0.3, 0.4) is 0 Å². The van der Waals surface area contributed by atoms with Gasteiger partial charge in [-0.25, -0.2) is 13.4 Å². The van der Waals surface area contributed by atoms with Crippen molar-refractivity contribution in [2.45, 2.75) is 13.0 Å². The van der Waals surface area contributed by atoms with Gasteiger partial charge in [0, 0.05) is 6.20 Å². The van der Waals surface area contributed by atoms with Crippen molar-refractivity contribution in [1.29, 1.82) is 5.26 Å². The maximum Gasteiger partial charge on any atom is 0.232 e. The number of rotatable bonds is 4. The van der Waals surface area contributed by atoms with E-state index in [9.17, 15) is 8.42 Å². The van der Waals surface area contributed by atoms with Crippen LogP contribution >= 0.6 is 0 Å². The molecular weight excluding hydrogens is 254 g/mol. The summed E-state index contributed by atoms with van der Waals surface area (Å²) in [5.74, 6) is 0.353. The third kappa shape index (κ3) is 2.44. The fourth-order valence-electron chi connectivity index (χ4n) is 1.61. The smallest absolute Gasteiger partial charge is 0.232 e. The Kier molecular flexibility index (Phi) is 3.50. The summed E-state index contributed by atoms with van der Waals surface area (Å²) in [5, 5.41) is 8.87. The van der Waals surface area contributed by atoms with E-state index < -0.39 is 10.0 Å². The minimum atomic E-state index is -3.13. The largest absolute Gasteiger partial charge is 0.471 e. The zero-order chi connectivity index (χ0) is 13.2. The van der Waals surface area contributed by atoms with E-state index in [1.165, 1.54) is 10.5 Å². The van der Waals surface area contributed by atoms with Crippen LogP contribution in [-0.4, -0.2) is 42.7 Å². The molecule has 0 amide bonds. The third-order valence-electron chi connectivity index (χ3n) is 2.74. The van der Waals surface area contributed by atoms with E-state index >= 15 is 0 Å².